The number of anilines is 2. The van der Waals surface area contributed by atoms with Crippen LogP contribution in [0.15, 0.2) is 30.6 Å². The molecule has 2 aromatic heterocycles. The lowest BCUT2D eigenvalue weighted by Crippen LogP contribution is -2.48. The summed E-state index contributed by atoms with van der Waals surface area (Å²) in [6.07, 6.45) is 3.37. The molecular formula is C23H27ClFN7O. The van der Waals surface area contributed by atoms with Gasteiger partial charge in [-0.15, -0.1) is 5.10 Å². The second kappa shape index (κ2) is 8.78. The summed E-state index contributed by atoms with van der Waals surface area (Å²) in [7, 11) is 0. The molecule has 3 heterocycles. The van der Waals surface area contributed by atoms with Crippen molar-refractivity contribution in [3.05, 3.63) is 47.1 Å². The lowest BCUT2D eigenvalue weighted by molar-refractivity contribution is 0.373. The van der Waals surface area contributed by atoms with E-state index in [1.807, 2.05) is 13.0 Å². The Hall–Kier alpha value is -2.94. The van der Waals surface area contributed by atoms with Crippen molar-refractivity contribution in [2.24, 2.45) is 11.8 Å². The summed E-state index contributed by atoms with van der Waals surface area (Å²) in [4.78, 5) is 15.0. The van der Waals surface area contributed by atoms with Gasteiger partial charge < -0.3 is 15.0 Å². The Balaban J connectivity index is 1.48. The van der Waals surface area contributed by atoms with E-state index in [4.69, 9.17) is 25.9 Å². The number of nitrogens with zero attached hydrogens (tertiary/aromatic N) is 6. The van der Waals surface area contributed by atoms with Crippen LogP contribution in [0.2, 0.25) is 5.02 Å². The van der Waals surface area contributed by atoms with Gasteiger partial charge >= 0.3 is 6.01 Å². The molecule has 174 valence electrons. The molecule has 0 unspecified atom stereocenters. The van der Waals surface area contributed by atoms with E-state index in [-0.39, 0.29) is 34.6 Å². The van der Waals surface area contributed by atoms with Crippen LogP contribution < -0.4 is 15.0 Å². The first kappa shape index (κ1) is 15.1. The van der Waals surface area contributed by atoms with Gasteiger partial charge in [-0.1, -0.05) is 11.6 Å². The highest BCUT2D eigenvalue weighted by Crippen LogP contribution is 2.40. The van der Waals surface area contributed by atoms with Crippen molar-refractivity contribution in [3.63, 3.8) is 0 Å². The molecule has 1 aliphatic heterocycles. The predicted molar refractivity (Wildman–Crippen MR) is 124 cm³/mol. The number of ether oxygens (including phenoxy) is 1. The minimum absolute atomic E-state index is 0.00888. The molecule has 1 saturated carbocycles. The molecule has 8 nitrogen and oxygen atoms in total. The number of nitrogens with one attached hydrogen (secondary N) is 1. The third kappa shape index (κ3) is 4.59. The third-order valence-electron chi connectivity index (χ3n) is 6.08. The van der Waals surface area contributed by atoms with Crippen LogP contribution in [0.3, 0.4) is 0 Å². The summed E-state index contributed by atoms with van der Waals surface area (Å²) in [5.41, 5.74) is 0.863. The smallest absolute Gasteiger partial charge is 0.322 e. The Morgan fingerprint density at radius 3 is 2.70 bits per heavy atom. The molecule has 0 radical (unpaired) electrons. The van der Waals surface area contributed by atoms with E-state index in [0.717, 1.165) is 36.5 Å². The van der Waals surface area contributed by atoms with Gasteiger partial charge in [0.2, 0.25) is 5.95 Å². The second-order valence-corrected chi connectivity index (χ2v) is 8.81. The maximum absolute atomic E-state index is 14.0. The molecule has 2 fully saturated rings. The van der Waals surface area contributed by atoms with Gasteiger partial charge in [0.05, 0.1) is 7.39 Å². The quantitative estimate of drug-likeness (QED) is 0.541. The monoisotopic (exact) mass is 478 g/mol. The molecule has 1 aliphatic carbocycles. The predicted octanol–water partition coefficient (Wildman–Crippen LogP) is 4.87. The first-order chi connectivity index (χ1) is 18.7. The highest BCUT2D eigenvalue weighted by molar-refractivity contribution is 6.30. The van der Waals surface area contributed by atoms with Crippen LogP contribution in [0.4, 0.5) is 16.2 Å². The van der Waals surface area contributed by atoms with Gasteiger partial charge in [0.1, 0.15) is 23.7 Å². The number of rotatable bonds is 6. The fraction of sp³-hybridized carbons (Fsp3) is 0.478. The zero-order valence-corrected chi connectivity index (χ0v) is 18.6. The van der Waals surface area contributed by atoms with Crippen LogP contribution in [0.1, 0.15) is 47.9 Å². The van der Waals surface area contributed by atoms with Crippen molar-refractivity contribution in [2.45, 2.75) is 45.5 Å². The number of aromatic nitrogens is 5. The van der Waals surface area contributed by atoms with Crippen LogP contribution in [-0.4, -0.2) is 43.9 Å². The molecule has 1 N–H and O–H groups in total. The second-order valence-electron chi connectivity index (χ2n) is 8.38. The van der Waals surface area contributed by atoms with Gasteiger partial charge in [-0.05, 0) is 57.4 Å². The molecule has 2 bridgehead atoms. The number of fused-ring (bicyclic) bond motifs is 2. The van der Waals surface area contributed by atoms with Crippen LogP contribution in [-0.2, 0) is 0 Å². The molecule has 10 heteroatoms. The van der Waals surface area contributed by atoms with E-state index in [9.17, 15) is 4.39 Å². The van der Waals surface area contributed by atoms with Crippen molar-refractivity contribution >= 4 is 23.4 Å². The highest BCUT2D eigenvalue weighted by atomic mass is 35.5. The van der Waals surface area contributed by atoms with Gasteiger partial charge in [-0.25, -0.2) is 19.0 Å². The summed E-state index contributed by atoms with van der Waals surface area (Å²) in [6.45, 7) is -3.42. The molecule has 33 heavy (non-hydrogen) atoms. The van der Waals surface area contributed by atoms with E-state index in [0.29, 0.717) is 17.8 Å². The van der Waals surface area contributed by atoms with Crippen molar-refractivity contribution in [2.75, 3.05) is 23.3 Å². The summed E-state index contributed by atoms with van der Waals surface area (Å²) >= 11 is 5.92. The largest absolute Gasteiger partial charge is 0.424 e. The van der Waals surface area contributed by atoms with Gasteiger partial charge in [0.25, 0.3) is 0 Å². The first-order valence-corrected chi connectivity index (χ1v) is 10.9. The van der Waals surface area contributed by atoms with Gasteiger partial charge in [0, 0.05) is 50.2 Å². The minimum Gasteiger partial charge on any atom is -0.424 e. The Labute approximate surface area is 207 Å². The first-order valence-electron chi connectivity index (χ1n) is 14.1. The van der Waals surface area contributed by atoms with E-state index in [1.165, 1.54) is 12.4 Å². The number of piperidine rings is 1. The molecule has 5 rings (SSSR count). The molecule has 1 aromatic carbocycles. The number of aryl methyl sites for hydroxylation is 1. The maximum atomic E-state index is 14.0. The Bertz CT molecular complexity index is 1350. The van der Waals surface area contributed by atoms with Gasteiger partial charge in [-0.3, -0.25) is 0 Å². The molecular weight excluding hydrogens is 445 g/mol. The summed E-state index contributed by atoms with van der Waals surface area (Å²) in [5, 5.41) is 7.37. The molecule has 3 aromatic rings. The van der Waals surface area contributed by atoms with Gasteiger partial charge in [-0.2, -0.15) is 4.98 Å². The maximum Gasteiger partial charge on any atom is 0.322 e. The zero-order valence-electron chi connectivity index (χ0n) is 24.8. The standard InChI is InChI=1S/C23H27ClFN7O/c1-13(2)32-23(33-19-8-17(24)7-18(25)9-19)29-22(30-32)28-21-15-4-5-16(21)11-31(10-15)20-6-14(3)26-12-27-20/h6-9,12-13,15-16,21H,4-5,10-11H2,1-3H3,(H,28,30)/t15-,16+,21-/i1D3,2D3,13D. The van der Waals surface area contributed by atoms with Crippen molar-refractivity contribution in [1.82, 2.24) is 24.7 Å². The van der Waals surface area contributed by atoms with Crippen LogP contribution >= 0.6 is 11.6 Å². The van der Waals surface area contributed by atoms with Crippen LogP contribution in [0.25, 0.3) is 0 Å². The number of hydrogen-bond acceptors (Lipinski definition) is 7. The normalized spacial score (nSPS) is 26.3. The van der Waals surface area contributed by atoms with E-state index >= 15 is 0 Å². The van der Waals surface area contributed by atoms with Crippen LogP contribution in [0.5, 0.6) is 11.8 Å². The lowest BCUT2D eigenvalue weighted by Gasteiger charge is -2.38. The third-order valence-corrected chi connectivity index (χ3v) is 6.30. The summed E-state index contributed by atoms with van der Waals surface area (Å²) in [6, 6.07) is 1.22. The summed E-state index contributed by atoms with van der Waals surface area (Å²) in [5.74, 6) is 0.159. The average Bonchev–Trinajstić information content (AvgIpc) is 3.31. The Morgan fingerprint density at radius 1 is 1.21 bits per heavy atom. The van der Waals surface area contributed by atoms with E-state index in [1.54, 1.807) is 0 Å². The van der Waals surface area contributed by atoms with Crippen molar-refractivity contribution in [1.29, 1.82) is 0 Å². The minimum atomic E-state index is -3.36. The molecule has 0 amide bonds. The molecule has 1 saturated heterocycles. The topological polar surface area (TPSA) is 81.0 Å². The van der Waals surface area contributed by atoms with Crippen molar-refractivity contribution < 1.29 is 18.7 Å². The Morgan fingerprint density at radius 2 is 2.00 bits per heavy atom. The number of hydrogen-bond donors (Lipinski definition) is 1. The Kier molecular flexibility index (Phi) is 4.00. The molecule has 0 spiro atoms. The SMILES string of the molecule is [2H]C([2H])([2H])C([2H])(n1nc(N[C@@H]2[C@@H]3CC[C@H]2CN(c2cc(C)ncn2)C3)nc1Oc1cc(F)cc(Cl)c1)C([2H])([2H])[2H]. The molecule has 2 aliphatic rings. The number of halogens is 2. The molecule has 3 atom stereocenters. The fourth-order valence-corrected chi connectivity index (χ4v) is 4.88. The van der Waals surface area contributed by atoms with Crippen molar-refractivity contribution in [3.8, 4) is 11.8 Å². The zero-order chi connectivity index (χ0) is 29.0. The lowest BCUT2D eigenvalue weighted by atomic mass is 9.92. The highest BCUT2D eigenvalue weighted by Gasteiger charge is 2.43. The van der Waals surface area contributed by atoms with Gasteiger partial charge in [0.15, 0.2) is 0 Å². The summed E-state index contributed by atoms with van der Waals surface area (Å²) < 4.78 is 76.1. The van der Waals surface area contributed by atoms with E-state index < -0.39 is 31.5 Å². The van der Waals surface area contributed by atoms with Crippen LogP contribution in [0, 0.1) is 24.6 Å². The fourth-order valence-electron chi connectivity index (χ4n) is 4.67. The average molecular weight is 479 g/mol. The number of benzene rings is 1. The van der Waals surface area contributed by atoms with E-state index in [2.05, 4.69) is 30.3 Å².